The van der Waals surface area contributed by atoms with Crippen LogP contribution >= 0.6 is 0 Å². The third-order valence-electron chi connectivity index (χ3n) is 5.24. The van der Waals surface area contributed by atoms with Crippen LogP contribution in [-0.4, -0.2) is 44.2 Å². The van der Waals surface area contributed by atoms with Crippen molar-refractivity contribution < 1.29 is 4.52 Å². The first-order chi connectivity index (χ1) is 11.4. The van der Waals surface area contributed by atoms with Gasteiger partial charge in [0.05, 0.1) is 0 Å². The monoisotopic (exact) mass is 331 g/mol. The van der Waals surface area contributed by atoms with Crippen molar-refractivity contribution in [2.75, 3.05) is 19.6 Å². The van der Waals surface area contributed by atoms with Crippen LogP contribution < -0.4 is 11.2 Å². The third kappa shape index (κ3) is 2.71. The van der Waals surface area contributed by atoms with Gasteiger partial charge in [0.1, 0.15) is 5.56 Å². The molecule has 0 spiro atoms. The Labute approximate surface area is 138 Å². The summed E-state index contributed by atoms with van der Waals surface area (Å²) >= 11 is 0. The summed E-state index contributed by atoms with van der Waals surface area (Å²) in [5.74, 6) is 1.44. The van der Waals surface area contributed by atoms with Crippen LogP contribution in [0, 0.1) is 18.3 Å². The molecule has 128 valence electrons. The summed E-state index contributed by atoms with van der Waals surface area (Å²) in [6, 6.07) is 0. The van der Waals surface area contributed by atoms with Crippen LogP contribution in [0.5, 0.6) is 0 Å². The SMILES string of the molecule is Cc1noc(-c2cn(CCCN3C[C@@H]4C[C@]4(C)C3)c(=O)[nH]c2=O)n1. The van der Waals surface area contributed by atoms with E-state index >= 15 is 0 Å². The first-order valence-electron chi connectivity index (χ1n) is 8.31. The minimum Gasteiger partial charge on any atom is -0.334 e. The Hall–Kier alpha value is -2.22. The highest BCUT2D eigenvalue weighted by molar-refractivity contribution is 5.48. The maximum absolute atomic E-state index is 12.0. The maximum atomic E-state index is 12.0. The molecule has 3 heterocycles. The van der Waals surface area contributed by atoms with E-state index in [1.54, 1.807) is 6.92 Å². The Morgan fingerprint density at radius 3 is 2.92 bits per heavy atom. The van der Waals surface area contributed by atoms with Gasteiger partial charge in [0.2, 0.25) is 0 Å². The summed E-state index contributed by atoms with van der Waals surface area (Å²) in [5, 5.41) is 3.69. The van der Waals surface area contributed by atoms with Crippen molar-refractivity contribution in [1.29, 1.82) is 0 Å². The molecule has 2 aromatic rings. The quantitative estimate of drug-likeness (QED) is 0.863. The lowest BCUT2D eigenvalue weighted by molar-refractivity contribution is 0.276. The van der Waals surface area contributed by atoms with Gasteiger partial charge >= 0.3 is 5.69 Å². The lowest BCUT2D eigenvalue weighted by atomic mass is 10.1. The minimum absolute atomic E-state index is 0.134. The Kier molecular flexibility index (Phi) is 3.45. The van der Waals surface area contributed by atoms with Crippen molar-refractivity contribution >= 4 is 0 Å². The first kappa shape index (κ1) is 15.3. The zero-order valence-electron chi connectivity index (χ0n) is 13.9. The molecule has 2 aliphatic rings. The number of nitrogens with one attached hydrogen (secondary N) is 1. The van der Waals surface area contributed by atoms with E-state index < -0.39 is 11.2 Å². The predicted octanol–water partition coefficient (Wildman–Crippen LogP) is 0.627. The Morgan fingerprint density at radius 1 is 1.42 bits per heavy atom. The van der Waals surface area contributed by atoms with Gasteiger partial charge in [-0.1, -0.05) is 12.1 Å². The van der Waals surface area contributed by atoms with Gasteiger partial charge in [-0.15, -0.1) is 0 Å². The zero-order valence-corrected chi connectivity index (χ0v) is 13.9. The Bertz CT molecular complexity index is 882. The van der Waals surface area contributed by atoms with Crippen molar-refractivity contribution in [3.63, 3.8) is 0 Å². The highest BCUT2D eigenvalue weighted by Gasteiger charge is 2.55. The fraction of sp³-hybridized carbons (Fsp3) is 0.625. The van der Waals surface area contributed by atoms with Crippen LogP contribution in [0.3, 0.4) is 0 Å². The molecule has 24 heavy (non-hydrogen) atoms. The number of hydrogen-bond acceptors (Lipinski definition) is 6. The number of rotatable bonds is 5. The van der Waals surface area contributed by atoms with Crippen LogP contribution in [0.2, 0.25) is 0 Å². The van der Waals surface area contributed by atoms with Gasteiger partial charge in [0.25, 0.3) is 11.4 Å². The summed E-state index contributed by atoms with van der Waals surface area (Å²) in [6.45, 7) is 7.87. The summed E-state index contributed by atoms with van der Waals surface area (Å²) in [5.41, 5.74) is -0.147. The molecule has 1 saturated heterocycles. The largest absolute Gasteiger partial charge is 0.334 e. The van der Waals surface area contributed by atoms with Crippen molar-refractivity contribution in [2.45, 2.75) is 33.2 Å². The van der Waals surface area contributed by atoms with E-state index in [-0.39, 0.29) is 11.5 Å². The van der Waals surface area contributed by atoms with Crippen LogP contribution in [0.15, 0.2) is 20.3 Å². The van der Waals surface area contributed by atoms with E-state index in [0.717, 1.165) is 25.4 Å². The number of hydrogen-bond donors (Lipinski definition) is 1. The molecular formula is C16H21N5O3. The van der Waals surface area contributed by atoms with Crippen molar-refractivity contribution in [3.05, 3.63) is 32.9 Å². The molecule has 8 nitrogen and oxygen atoms in total. The molecule has 1 N–H and O–H groups in total. The lowest BCUT2D eigenvalue weighted by Gasteiger charge is -2.19. The standard InChI is InChI=1S/C16H21N5O3/c1-10-17-14(24-19-10)12-8-21(15(23)18-13(12)22)5-3-4-20-7-11-6-16(11,2)9-20/h8,11H,3-7,9H2,1-2H3,(H,18,22,23)/t11-,16+/m0/s1. The summed E-state index contributed by atoms with van der Waals surface area (Å²) in [4.78, 5) is 32.8. The number of piperidine rings is 1. The molecule has 4 rings (SSSR count). The van der Waals surface area contributed by atoms with Crippen LogP contribution in [-0.2, 0) is 6.54 Å². The van der Waals surface area contributed by atoms with E-state index in [2.05, 4.69) is 26.9 Å². The molecule has 2 aromatic heterocycles. The highest BCUT2D eigenvalue weighted by Crippen LogP contribution is 2.57. The average Bonchev–Trinajstić information content (AvgIpc) is 2.83. The van der Waals surface area contributed by atoms with Crippen molar-refractivity contribution in [1.82, 2.24) is 24.6 Å². The molecule has 0 amide bonds. The van der Waals surface area contributed by atoms with E-state index in [1.807, 2.05) is 0 Å². The van der Waals surface area contributed by atoms with Crippen LogP contribution in [0.1, 0.15) is 25.6 Å². The molecule has 2 atom stereocenters. The fourth-order valence-corrected chi connectivity index (χ4v) is 3.74. The van der Waals surface area contributed by atoms with Gasteiger partial charge in [0.15, 0.2) is 5.82 Å². The van der Waals surface area contributed by atoms with E-state index in [1.165, 1.54) is 23.7 Å². The normalized spacial score (nSPS) is 25.8. The molecule has 0 aromatic carbocycles. The molecule has 1 saturated carbocycles. The number of H-pyrrole nitrogens is 1. The van der Waals surface area contributed by atoms with Gasteiger partial charge in [-0.05, 0) is 37.6 Å². The average molecular weight is 331 g/mol. The van der Waals surface area contributed by atoms with Crippen molar-refractivity contribution in [3.8, 4) is 11.5 Å². The number of likely N-dealkylation sites (tertiary alicyclic amines) is 1. The Balaban J connectivity index is 1.45. The molecular weight excluding hydrogens is 310 g/mol. The van der Waals surface area contributed by atoms with E-state index in [9.17, 15) is 9.59 Å². The van der Waals surface area contributed by atoms with Gasteiger partial charge in [0, 0.05) is 25.8 Å². The highest BCUT2D eigenvalue weighted by atomic mass is 16.5. The number of fused-ring (bicyclic) bond motifs is 1. The Morgan fingerprint density at radius 2 is 2.25 bits per heavy atom. The number of aromatic nitrogens is 4. The number of aryl methyl sites for hydroxylation is 2. The second-order valence-electron chi connectivity index (χ2n) is 7.29. The molecule has 0 unspecified atom stereocenters. The number of aromatic amines is 1. The zero-order chi connectivity index (χ0) is 16.9. The topological polar surface area (TPSA) is 97.0 Å². The summed E-state index contributed by atoms with van der Waals surface area (Å²) in [7, 11) is 0. The molecule has 0 radical (unpaired) electrons. The lowest BCUT2D eigenvalue weighted by Crippen LogP contribution is -2.32. The molecule has 1 aliphatic carbocycles. The minimum atomic E-state index is -0.507. The smallest absolute Gasteiger partial charge is 0.328 e. The summed E-state index contributed by atoms with van der Waals surface area (Å²) < 4.78 is 6.54. The third-order valence-corrected chi connectivity index (χ3v) is 5.24. The summed E-state index contributed by atoms with van der Waals surface area (Å²) in [6.07, 6.45) is 3.73. The van der Waals surface area contributed by atoms with Gasteiger partial charge in [-0.25, -0.2) is 4.79 Å². The maximum Gasteiger partial charge on any atom is 0.328 e. The van der Waals surface area contributed by atoms with Crippen LogP contribution in [0.4, 0.5) is 0 Å². The first-order valence-corrected chi connectivity index (χ1v) is 8.31. The second kappa shape index (κ2) is 5.41. The van der Waals surface area contributed by atoms with Crippen LogP contribution in [0.25, 0.3) is 11.5 Å². The van der Waals surface area contributed by atoms with Crippen molar-refractivity contribution in [2.24, 2.45) is 11.3 Å². The molecule has 1 aliphatic heterocycles. The van der Waals surface area contributed by atoms with E-state index in [4.69, 9.17) is 4.52 Å². The van der Waals surface area contributed by atoms with E-state index in [0.29, 0.717) is 17.8 Å². The molecule has 8 heteroatoms. The van der Waals surface area contributed by atoms with Gasteiger partial charge in [-0.2, -0.15) is 4.98 Å². The fourth-order valence-electron chi connectivity index (χ4n) is 3.74. The molecule has 2 fully saturated rings. The van der Waals surface area contributed by atoms with Gasteiger partial charge < -0.3 is 9.42 Å². The predicted molar refractivity (Wildman–Crippen MR) is 86.6 cm³/mol. The molecule has 0 bridgehead atoms. The number of nitrogens with zero attached hydrogens (tertiary/aromatic N) is 4. The van der Waals surface area contributed by atoms with Gasteiger partial charge in [-0.3, -0.25) is 14.3 Å². The second-order valence-corrected chi connectivity index (χ2v) is 7.29.